The number of aryl methyl sites for hydroxylation is 1. The molecule has 0 radical (unpaired) electrons. The van der Waals surface area contributed by atoms with Gasteiger partial charge in [0.2, 0.25) is 0 Å². The summed E-state index contributed by atoms with van der Waals surface area (Å²) in [4.78, 5) is 0. The summed E-state index contributed by atoms with van der Waals surface area (Å²) in [6.45, 7) is 0. The number of halogens is 1. The van der Waals surface area contributed by atoms with E-state index in [4.69, 9.17) is 17.3 Å². The number of H-pyrrole nitrogens is 1. The summed E-state index contributed by atoms with van der Waals surface area (Å²) in [6, 6.07) is 7.57. The topological polar surface area (TPSA) is 72.5 Å². The van der Waals surface area contributed by atoms with Crippen LogP contribution in [0.15, 0.2) is 36.7 Å². The van der Waals surface area contributed by atoms with E-state index in [0.29, 0.717) is 10.8 Å². The van der Waals surface area contributed by atoms with Gasteiger partial charge < -0.3 is 5.73 Å². The van der Waals surface area contributed by atoms with Crippen molar-refractivity contribution in [2.75, 3.05) is 5.73 Å². The lowest BCUT2D eigenvalue weighted by Gasteiger charge is -2.05. The number of nitrogens with zero attached hydrogens (tertiary/aromatic N) is 3. The molecule has 0 fully saturated rings. The highest BCUT2D eigenvalue weighted by Gasteiger charge is 2.19. The Bertz CT molecular complexity index is 715. The Labute approximate surface area is 115 Å². The van der Waals surface area contributed by atoms with Crippen molar-refractivity contribution in [1.29, 1.82) is 0 Å². The van der Waals surface area contributed by atoms with Crippen molar-refractivity contribution in [1.82, 2.24) is 20.0 Å². The van der Waals surface area contributed by atoms with Crippen LogP contribution in [-0.4, -0.2) is 20.0 Å². The number of aromatic nitrogens is 4. The summed E-state index contributed by atoms with van der Waals surface area (Å²) in [5, 5.41) is 11.8. The summed E-state index contributed by atoms with van der Waals surface area (Å²) < 4.78 is 1.64. The lowest BCUT2D eigenvalue weighted by atomic mass is 10.0. The first-order valence-electron chi connectivity index (χ1n) is 5.75. The number of nitrogens with one attached hydrogen (secondary N) is 1. The van der Waals surface area contributed by atoms with Gasteiger partial charge in [-0.1, -0.05) is 29.8 Å². The highest BCUT2D eigenvalue weighted by Crippen LogP contribution is 2.38. The molecule has 2 aromatic heterocycles. The Morgan fingerprint density at radius 1 is 1.32 bits per heavy atom. The van der Waals surface area contributed by atoms with Crippen LogP contribution in [0.1, 0.15) is 0 Å². The Hall–Kier alpha value is -2.27. The normalized spacial score (nSPS) is 10.8. The van der Waals surface area contributed by atoms with Crippen molar-refractivity contribution < 1.29 is 0 Å². The molecule has 0 aliphatic carbocycles. The highest BCUT2D eigenvalue weighted by atomic mass is 35.5. The minimum Gasteiger partial charge on any atom is -0.383 e. The number of hydrogen-bond acceptors (Lipinski definition) is 3. The standard InChI is InChI=1S/C13H12ClN5/c1-19-13(15)11(9-4-2-3-5-10(9)14)12(18-19)8-6-16-17-7-8/h2-7H,15H2,1H3,(H,16,17). The molecule has 0 saturated carbocycles. The molecule has 2 heterocycles. The minimum atomic E-state index is 0.573. The summed E-state index contributed by atoms with van der Waals surface area (Å²) in [5.41, 5.74) is 9.46. The lowest BCUT2D eigenvalue weighted by molar-refractivity contribution is 0.782. The first kappa shape index (κ1) is 11.8. The zero-order valence-corrected chi connectivity index (χ0v) is 11.0. The van der Waals surface area contributed by atoms with Gasteiger partial charge in [-0.3, -0.25) is 9.78 Å². The molecule has 19 heavy (non-hydrogen) atoms. The molecule has 0 aliphatic rings. The van der Waals surface area contributed by atoms with Crippen LogP contribution in [0.5, 0.6) is 0 Å². The van der Waals surface area contributed by atoms with Crippen LogP contribution in [0.2, 0.25) is 5.02 Å². The van der Waals surface area contributed by atoms with Gasteiger partial charge in [0.25, 0.3) is 0 Å². The molecule has 3 aromatic rings. The van der Waals surface area contributed by atoms with Gasteiger partial charge in [-0.25, -0.2) is 0 Å². The van der Waals surface area contributed by atoms with Gasteiger partial charge in [-0.2, -0.15) is 10.2 Å². The third-order valence-electron chi connectivity index (χ3n) is 3.01. The Balaban J connectivity index is 2.29. The smallest absolute Gasteiger partial charge is 0.129 e. The summed E-state index contributed by atoms with van der Waals surface area (Å²) in [7, 11) is 1.80. The van der Waals surface area contributed by atoms with Crippen molar-refractivity contribution in [3.8, 4) is 22.4 Å². The maximum atomic E-state index is 6.26. The van der Waals surface area contributed by atoms with E-state index in [1.54, 1.807) is 24.1 Å². The van der Waals surface area contributed by atoms with Gasteiger partial charge in [-0.05, 0) is 6.07 Å². The first-order valence-corrected chi connectivity index (χ1v) is 6.13. The molecule has 0 unspecified atom stereocenters. The fraction of sp³-hybridized carbons (Fsp3) is 0.0769. The Morgan fingerprint density at radius 3 is 2.79 bits per heavy atom. The van der Waals surface area contributed by atoms with Crippen LogP contribution in [-0.2, 0) is 7.05 Å². The predicted octanol–water partition coefficient (Wildman–Crippen LogP) is 2.71. The number of nitrogen functional groups attached to an aromatic ring is 1. The SMILES string of the molecule is Cn1nc(-c2cn[nH]c2)c(-c2ccccc2Cl)c1N. The number of anilines is 1. The van der Waals surface area contributed by atoms with Crippen LogP contribution < -0.4 is 5.73 Å². The fourth-order valence-electron chi connectivity index (χ4n) is 2.05. The van der Waals surface area contributed by atoms with Gasteiger partial charge in [0.05, 0.1) is 11.8 Å². The number of benzene rings is 1. The van der Waals surface area contributed by atoms with Gasteiger partial charge in [-0.15, -0.1) is 0 Å². The molecular weight excluding hydrogens is 262 g/mol. The molecule has 0 amide bonds. The average molecular weight is 274 g/mol. The molecule has 0 bridgehead atoms. The summed E-state index contributed by atoms with van der Waals surface area (Å²) in [5.74, 6) is 0.573. The molecule has 0 atom stereocenters. The molecule has 0 spiro atoms. The second-order valence-corrected chi connectivity index (χ2v) is 4.61. The fourth-order valence-corrected chi connectivity index (χ4v) is 2.28. The molecule has 3 rings (SSSR count). The molecule has 96 valence electrons. The quantitative estimate of drug-likeness (QED) is 0.754. The molecule has 6 heteroatoms. The number of rotatable bonds is 2. The Morgan fingerprint density at radius 2 is 2.11 bits per heavy atom. The average Bonchev–Trinajstić information content (AvgIpc) is 3.01. The lowest BCUT2D eigenvalue weighted by Crippen LogP contribution is -1.98. The van der Waals surface area contributed by atoms with Crippen LogP contribution in [0, 0.1) is 0 Å². The third-order valence-corrected chi connectivity index (χ3v) is 3.34. The van der Waals surface area contributed by atoms with Gasteiger partial charge in [0, 0.05) is 29.4 Å². The molecular formula is C13H12ClN5. The molecule has 3 N–H and O–H groups in total. The zero-order chi connectivity index (χ0) is 13.4. The number of nitrogens with two attached hydrogens (primary N) is 1. The van der Waals surface area contributed by atoms with E-state index in [0.717, 1.165) is 22.4 Å². The van der Waals surface area contributed by atoms with E-state index in [2.05, 4.69) is 15.3 Å². The number of hydrogen-bond donors (Lipinski definition) is 2. The van der Waals surface area contributed by atoms with Crippen LogP contribution >= 0.6 is 11.6 Å². The second kappa shape index (κ2) is 4.44. The molecule has 0 saturated heterocycles. The van der Waals surface area contributed by atoms with E-state index < -0.39 is 0 Å². The van der Waals surface area contributed by atoms with E-state index in [-0.39, 0.29) is 0 Å². The predicted molar refractivity (Wildman–Crippen MR) is 75.6 cm³/mol. The van der Waals surface area contributed by atoms with Crippen molar-refractivity contribution in [3.05, 3.63) is 41.7 Å². The van der Waals surface area contributed by atoms with Gasteiger partial charge >= 0.3 is 0 Å². The van der Waals surface area contributed by atoms with Crippen molar-refractivity contribution in [3.63, 3.8) is 0 Å². The van der Waals surface area contributed by atoms with E-state index in [1.807, 2.05) is 24.3 Å². The van der Waals surface area contributed by atoms with Crippen LogP contribution in [0.4, 0.5) is 5.82 Å². The molecule has 0 aliphatic heterocycles. The van der Waals surface area contributed by atoms with Crippen molar-refractivity contribution in [2.45, 2.75) is 0 Å². The zero-order valence-electron chi connectivity index (χ0n) is 10.3. The maximum absolute atomic E-state index is 6.26. The Kier molecular flexibility index (Phi) is 2.76. The maximum Gasteiger partial charge on any atom is 0.129 e. The monoisotopic (exact) mass is 273 g/mol. The van der Waals surface area contributed by atoms with Crippen LogP contribution in [0.25, 0.3) is 22.4 Å². The third kappa shape index (κ3) is 1.88. The van der Waals surface area contributed by atoms with Crippen molar-refractivity contribution in [2.24, 2.45) is 7.05 Å². The van der Waals surface area contributed by atoms with Crippen molar-refractivity contribution >= 4 is 17.4 Å². The van der Waals surface area contributed by atoms with E-state index >= 15 is 0 Å². The van der Waals surface area contributed by atoms with Gasteiger partial charge in [0.1, 0.15) is 11.5 Å². The number of aromatic amines is 1. The largest absolute Gasteiger partial charge is 0.383 e. The molecule has 1 aromatic carbocycles. The van der Waals surface area contributed by atoms with E-state index in [9.17, 15) is 0 Å². The molecule has 5 nitrogen and oxygen atoms in total. The van der Waals surface area contributed by atoms with E-state index in [1.165, 1.54) is 0 Å². The minimum absolute atomic E-state index is 0.573. The highest BCUT2D eigenvalue weighted by molar-refractivity contribution is 6.33. The summed E-state index contributed by atoms with van der Waals surface area (Å²) in [6.07, 6.45) is 3.49. The van der Waals surface area contributed by atoms with Gasteiger partial charge in [0.15, 0.2) is 0 Å². The second-order valence-electron chi connectivity index (χ2n) is 4.20. The summed E-state index contributed by atoms with van der Waals surface area (Å²) >= 11 is 6.26. The first-order chi connectivity index (χ1) is 9.18. The van der Waals surface area contributed by atoms with Crippen LogP contribution in [0.3, 0.4) is 0 Å².